The van der Waals surface area contributed by atoms with Crippen molar-refractivity contribution in [3.8, 4) is 5.75 Å². The van der Waals surface area contributed by atoms with E-state index in [1.165, 1.54) is 0 Å². The van der Waals surface area contributed by atoms with Crippen LogP contribution >= 0.6 is 0 Å². The van der Waals surface area contributed by atoms with Crippen LogP contribution in [0.25, 0.3) is 0 Å². The van der Waals surface area contributed by atoms with E-state index in [9.17, 15) is 13.2 Å². The average molecular weight is 317 g/mol. The predicted molar refractivity (Wildman–Crippen MR) is 78.2 cm³/mol. The first-order valence-electron chi connectivity index (χ1n) is 7.50. The van der Waals surface area contributed by atoms with Crippen LogP contribution in [0.3, 0.4) is 0 Å². The Morgan fingerprint density at radius 3 is 2.91 bits per heavy atom. The number of methoxy groups -OCH3 is 1. The van der Waals surface area contributed by atoms with Crippen molar-refractivity contribution in [2.45, 2.75) is 31.5 Å². The van der Waals surface area contributed by atoms with E-state index < -0.39 is 12.6 Å². The maximum absolute atomic E-state index is 12.2. The number of hydrogen-bond acceptors (Lipinski definition) is 3. The summed E-state index contributed by atoms with van der Waals surface area (Å²) >= 11 is 0. The second-order valence-corrected chi connectivity index (χ2v) is 5.57. The van der Waals surface area contributed by atoms with Gasteiger partial charge in [0.05, 0.1) is 19.8 Å². The highest BCUT2D eigenvalue weighted by Crippen LogP contribution is 2.22. The molecule has 1 heterocycles. The highest BCUT2D eigenvalue weighted by molar-refractivity contribution is 5.28. The van der Waals surface area contributed by atoms with Gasteiger partial charge in [-0.3, -0.25) is 4.90 Å². The van der Waals surface area contributed by atoms with Gasteiger partial charge in [0.1, 0.15) is 5.75 Å². The van der Waals surface area contributed by atoms with Gasteiger partial charge in [0.25, 0.3) is 0 Å². The van der Waals surface area contributed by atoms with Crippen molar-refractivity contribution < 1.29 is 22.6 Å². The second kappa shape index (κ2) is 7.83. The Labute approximate surface area is 129 Å². The van der Waals surface area contributed by atoms with E-state index in [1.54, 1.807) is 7.11 Å². The molecule has 0 radical (unpaired) electrons. The molecule has 124 valence electrons. The number of benzene rings is 1. The van der Waals surface area contributed by atoms with Crippen LogP contribution in [0.4, 0.5) is 13.2 Å². The van der Waals surface area contributed by atoms with Crippen molar-refractivity contribution in [2.24, 2.45) is 0 Å². The van der Waals surface area contributed by atoms with Crippen molar-refractivity contribution >= 4 is 0 Å². The molecule has 1 aromatic carbocycles. The van der Waals surface area contributed by atoms with E-state index in [0.717, 1.165) is 17.7 Å². The number of nitrogens with zero attached hydrogens (tertiary/aromatic N) is 1. The fourth-order valence-corrected chi connectivity index (χ4v) is 2.67. The topological polar surface area (TPSA) is 21.7 Å². The Morgan fingerprint density at radius 2 is 2.18 bits per heavy atom. The van der Waals surface area contributed by atoms with Crippen LogP contribution in [-0.4, -0.2) is 50.5 Å². The number of ether oxygens (including phenoxy) is 2. The van der Waals surface area contributed by atoms with Gasteiger partial charge in [-0.2, -0.15) is 13.2 Å². The molecule has 1 aromatic rings. The molecule has 2 rings (SSSR count). The summed E-state index contributed by atoms with van der Waals surface area (Å²) in [4.78, 5) is 2.06. The highest BCUT2D eigenvalue weighted by Gasteiger charge is 2.27. The van der Waals surface area contributed by atoms with E-state index in [1.807, 2.05) is 24.3 Å². The average Bonchev–Trinajstić information content (AvgIpc) is 2.46. The van der Waals surface area contributed by atoms with Gasteiger partial charge < -0.3 is 9.47 Å². The molecule has 1 atom stereocenters. The van der Waals surface area contributed by atoms with Crippen molar-refractivity contribution in [2.75, 3.05) is 33.4 Å². The Hall–Kier alpha value is -1.27. The summed E-state index contributed by atoms with van der Waals surface area (Å²) in [5, 5.41) is 0. The molecule has 1 saturated heterocycles. The third kappa shape index (κ3) is 5.85. The van der Waals surface area contributed by atoms with Crippen LogP contribution in [0.15, 0.2) is 24.3 Å². The minimum Gasteiger partial charge on any atom is -0.497 e. The Balaban J connectivity index is 1.80. The van der Waals surface area contributed by atoms with Crippen LogP contribution in [0.1, 0.15) is 18.4 Å². The van der Waals surface area contributed by atoms with E-state index in [2.05, 4.69) is 4.90 Å². The molecular formula is C16H22F3NO2. The normalized spacial score (nSPS) is 20.1. The van der Waals surface area contributed by atoms with Crippen molar-refractivity contribution in [3.63, 3.8) is 0 Å². The summed E-state index contributed by atoms with van der Waals surface area (Å²) < 4.78 is 47.5. The zero-order valence-corrected chi connectivity index (χ0v) is 12.7. The summed E-state index contributed by atoms with van der Waals surface area (Å²) in [5.41, 5.74) is 1.11. The first-order chi connectivity index (χ1) is 10.5. The minimum atomic E-state index is -4.06. The number of hydrogen-bond donors (Lipinski definition) is 0. The lowest BCUT2D eigenvalue weighted by Crippen LogP contribution is -2.43. The molecule has 0 N–H and O–H groups in total. The van der Waals surface area contributed by atoms with E-state index in [-0.39, 0.29) is 12.5 Å². The maximum Gasteiger partial charge on any atom is 0.389 e. The monoisotopic (exact) mass is 317 g/mol. The second-order valence-electron chi connectivity index (χ2n) is 5.57. The fraction of sp³-hybridized carbons (Fsp3) is 0.625. The zero-order chi connectivity index (χ0) is 16.0. The van der Waals surface area contributed by atoms with E-state index in [4.69, 9.17) is 9.47 Å². The molecule has 6 heteroatoms. The fourth-order valence-electron chi connectivity index (χ4n) is 2.67. The van der Waals surface area contributed by atoms with Crippen molar-refractivity contribution in [3.05, 3.63) is 29.8 Å². The number of halogens is 3. The standard InChI is InChI=1S/C16H22F3NO2/c1-21-14-5-2-4-13(10-14)11-15-12-20(8-9-22-15)7-3-6-16(17,18)19/h2,4-5,10,15H,3,6-9,11-12H2,1H3. The molecule has 22 heavy (non-hydrogen) atoms. The van der Waals surface area contributed by atoms with Crippen molar-refractivity contribution in [1.29, 1.82) is 0 Å². The van der Waals surface area contributed by atoms with Crippen LogP contribution in [-0.2, 0) is 11.2 Å². The maximum atomic E-state index is 12.2. The van der Waals surface area contributed by atoms with Crippen molar-refractivity contribution in [1.82, 2.24) is 4.90 Å². The van der Waals surface area contributed by atoms with E-state index in [0.29, 0.717) is 26.2 Å². The third-order valence-corrected chi connectivity index (χ3v) is 3.76. The molecule has 1 fully saturated rings. The molecule has 0 amide bonds. The quantitative estimate of drug-likeness (QED) is 0.804. The molecular weight excluding hydrogens is 295 g/mol. The predicted octanol–water partition coefficient (Wildman–Crippen LogP) is 3.28. The van der Waals surface area contributed by atoms with E-state index >= 15 is 0 Å². The van der Waals surface area contributed by atoms with Gasteiger partial charge in [-0.15, -0.1) is 0 Å². The number of morpholine rings is 1. The number of rotatable bonds is 6. The molecule has 3 nitrogen and oxygen atoms in total. The minimum absolute atomic E-state index is 0.0201. The lowest BCUT2D eigenvalue weighted by atomic mass is 10.1. The Morgan fingerprint density at radius 1 is 1.36 bits per heavy atom. The van der Waals surface area contributed by atoms with Gasteiger partial charge >= 0.3 is 6.18 Å². The first-order valence-corrected chi connectivity index (χ1v) is 7.50. The molecule has 1 aliphatic rings. The summed E-state index contributed by atoms with van der Waals surface area (Å²) in [7, 11) is 1.62. The third-order valence-electron chi connectivity index (χ3n) is 3.76. The van der Waals surface area contributed by atoms with Gasteiger partial charge in [0, 0.05) is 25.9 Å². The van der Waals surface area contributed by atoms with Crippen LogP contribution in [0.5, 0.6) is 5.75 Å². The summed E-state index contributed by atoms with van der Waals surface area (Å²) in [6, 6.07) is 7.78. The molecule has 0 aromatic heterocycles. The number of alkyl halides is 3. The molecule has 0 aliphatic carbocycles. The Kier molecular flexibility index (Phi) is 6.08. The van der Waals surface area contributed by atoms with Gasteiger partial charge in [0.2, 0.25) is 0 Å². The van der Waals surface area contributed by atoms with Gasteiger partial charge in [-0.1, -0.05) is 12.1 Å². The molecule has 0 saturated carbocycles. The lowest BCUT2D eigenvalue weighted by Gasteiger charge is -2.33. The summed E-state index contributed by atoms with van der Waals surface area (Å²) in [6.07, 6.45) is -3.87. The van der Waals surface area contributed by atoms with Gasteiger partial charge in [0.15, 0.2) is 0 Å². The molecule has 0 bridgehead atoms. The highest BCUT2D eigenvalue weighted by atomic mass is 19.4. The summed E-state index contributed by atoms with van der Waals surface area (Å²) in [6.45, 7) is 2.42. The van der Waals surface area contributed by atoms with Gasteiger partial charge in [-0.05, 0) is 30.7 Å². The SMILES string of the molecule is COc1cccc(CC2CN(CCCC(F)(F)F)CCO2)c1. The molecule has 1 unspecified atom stereocenters. The van der Waals surface area contributed by atoms with Crippen LogP contribution < -0.4 is 4.74 Å². The van der Waals surface area contributed by atoms with Gasteiger partial charge in [-0.25, -0.2) is 0 Å². The first kappa shape index (κ1) is 17.1. The Bertz CT molecular complexity index is 465. The molecule has 1 aliphatic heterocycles. The van der Waals surface area contributed by atoms with Crippen LogP contribution in [0, 0.1) is 0 Å². The lowest BCUT2D eigenvalue weighted by molar-refractivity contribution is -0.137. The smallest absolute Gasteiger partial charge is 0.389 e. The molecule has 0 spiro atoms. The largest absolute Gasteiger partial charge is 0.497 e. The van der Waals surface area contributed by atoms with Crippen LogP contribution in [0.2, 0.25) is 0 Å². The zero-order valence-electron chi connectivity index (χ0n) is 12.7. The summed E-state index contributed by atoms with van der Waals surface area (Å²) in [5.74, 6) is 0.801.